The number of aromatic amines is 2. The number of carbonyl (C=O) groups is 3. The Kier molecular flexibility index (Phi) is 10.9. The van der Waals surface area contributed by atoms with Crippen LogP contribution >= 0.6 is 23.2 Å². The van der Waals surface area contributed by atoms with Gasteiger partial charge in [0.1, 0.15) is 47.5 Å². The number of aromatic nitrogens is 7. The van der Waals surface area contributed by atoms with Crippen molar-refractivity contribution in [1.29, 1.82) is 0 Å². The van der Waals surface area contributed by atoms with Crippen molar-refractivity contribution >= 4 is 80.3 Å². The van der Waals surface area contributed by atoms with Gasteiger partial charge in [0.2, 0.25) is 5.91 Å². The highest BCUT2D eigenvalue weighted by Gasteiger charge is 2.21. The molecule has 5 N–H and O–H groups in total. The summed E-state index contributed by atoms with van der Waals surface area (Å²) in [6, 6.07) is 33.8. The van der Waals surface area contributed by atoms with Gasteiger partial charge in [0, 0.05) is 63.8 Å². The summed E-state index contributed by atoms with van der Waals surface area (Å²) < 4.78 is 22.5. The topological polar surface area (TPSA) is 232 Å². The number of anilines is 3. The number of rotatable bonds is 12. The molecule has 7 aromatic heterocycles. The molecule has 0 fully saturated rings. The Morgan fingerprint density at radius 2 is 1.32 bits per heavy atom. The summed E-state index contributed by atoms with van der Waals surface area (Å²) in [5, 5.41) is 13.3. The second-order valence-electron chi connectivity index (χ2n) is 16.9. The molecule has 3 amide bonds. The number of ether oxygens (including phenoxy) is 1. The van der Waals surface area contributed by atoms with Crippen LogP contribution in [0, 0.1) is 6.92 Å². The number of hydrogen-bond acceptors (Lipinski definition) is 12. The average Bonchev–Trinajstić information content (AvgIpc) is 4.26. The minimum atomic E-state index is -0.533. The fourth-order valence-electron chi connectivity index (χ4n) is 8.32. The van der Waals surface area contributed by atoms with Crippen molar-refractivity contribution in [3.63, 3.8) is 0 Å². The van der Waals surface area contributed by atoms with Gasteiger partial charge in [-0.05, 0) is 109 Å². The molecule has 11 aromatic rings. The van der Waals surface area contributed by atoms with Crippen molar-refractivity contribution in [3.8, 4) is 62.1 Å². The quantitative estimate of drug-likeness (QED) is 0.0769. The number of nitrogens with one attached hydrogen (secondary N) is 5. The van der Waals surface area contributed by atoms with Gasteiger partial charge in [-0.15, -0.1) is 0 Å². The van der Waals surface area contributed by atoms with Gasteiger partial charge in [-0.3, -0.25) is 14.4 Å². The Hall–Kier alpha value is -9.32. The lowest BCUT2D eigenvalue weighted by molar-refractivity contribution is -0.115. The predicted octanol–water partition coefficient (Wildman–Crippen LogP) is 11.9. The minimum Gasteiger partial charge on any atom is -0.487 e. The highest BCUT2D eigenvalue weighted by atomic mass is 35.5. The zero-order valence-electron chi connectivity index (χ0n) is 37.5. The summed E-state index contributed by atoms with van der Waals surface area (Å²) in [5.41, 5.74) is 10.7. The number of benzene rings is 4. The minimum absolute atomic E-state index is 0.00167. The van der Waals surface area contributed by atoms with Gasteiger partial charge in [0.25, 0.3) is 11.8 Å². The first-order valence-corrected chi connectivity index (χ1v) is 23.0. The number of pyridine rings is 2. The molecule has 0 unspecified atom stereocenters. The van der Waals surface area contributed by atoms with Crippen molar-refractivity contribution in [2.24, 2.45) is 0 Å². The van der Waals surface area contributed by atoms with Crippen LogP contribution < -0.4 is 20.7 Å². The van der Waals surface area contributed by atoms with Crippen molar-refractivity contribution in [2.45, 2.75) is 20.0 Å². The number of fused-ring (bicyclic) bond motifs is 3. The molecular weight excluding hydrogens is 960 g/mol. The molecule has 8 heterocycles. The second-order valence-corrected chi connectivity index (χ2v) is 17.7. The maximum absolute atomic E-state index is 13.5. The molecule has 17 nitrogen and oxygen atoms in total. The van der Waals surface area contributed by atoms with E-state index in [9.17, 15) is 14.4 Å². The highest BCUT2D eigenvalue weighted by Crippen LogP contribution is 2.35. The lowest BCUT2D eigenvalue weighted by Gasteiger charge is -2.07. The highest BCUT2D eigenvalue weighted by molar-refractivity contribution is 6.34. The standard InChI is InChI=1S/C53H34Cl2N10O7/c1-26-14-35(65-72-26)25-69-36-7-2-27(3-8-36)30-16-42-50(56-22-30)63-48(61-42)38-21-34(6-10-40(38)55)59-53(68)46-18-32(24-70-46)44-12-13-45(71-44)52(67)58-33-5-9-39(54)37(20-33)49-62-43-17-31(23-57-51(43)64-49)28-4-11-41-29(15-28)19-47(66)60-41/h2-18,20-24H,19,25H2,1H3,(H,58,67)(H,59,68)(H,60,66)(H,56,61,63)(H,57,62,64). The molecule has 1 aliphatic heterocycles. The molecule has 0 aliphatic carbocycles. The third-order valence-electron chi connectivity index (χ3n) is 11.9. The Labute approximate surface area is 416 Å². The number of furan rings is 2. The van der Waals surface area contributed by atoms with E-state index in [1.165, 1.54) is 18.4 Å². The summed E-state index contributed by atoms with van der Waals surface area (Å²) in [6.07, 6.45) is 5.17. The molecule has 4 aromatic carbocycles. The van der Waals surface area contributed by atoms with E-state index in [4.69, 9.17) is 41.3 Å². The summed E-state index contributed by atoms with van der Waals surface area (Å²) in [4.78, 5) is 63.8. The molecule has 0 bridgehead atoms. The lowest BCUT2D eigenvalue weighted by Crippen LogP contribution is -2.11. The fraction of sp³-hybridized carbons (Fsp3) is 0.0566. The first-order chi connectivity index (χ1) is 35.0. The number of nitrogens with zero attached hydrogens (tertiary/aromatic N) is 5. The van der Waals surface area contributed by atoms with Crippen LogP contribution in [0.1, 0.15) is 38.1 Å². The van der Waals surface area contributed by atoms with E-state index in [1.807, 2.05) is 67.6 Å². The van der Waals surface area contributed by atoms with Gasteiger partial charge >= 0.3 is 0 Å². The fourth-order valence-corrected chi connectivity index (χ4v) is 8.73. The van der Waals surface area contributed by atoms with Gasteiger partial charge in [0.15, 0.2) is 22.8 Å². The van der Waals surface area contributed by atoms with E-state index in [2.05, 4.69) is 51.0 Å². The third-order valence-corrected chi connectivity index (χ3v) is 12.5. The first-order valence-electron chi connectivity index (χ1n) is 22.2. The van der Waals surface area contributed by atoms with Crippen LogP contribution in [0.15, 0.2) is 147 Å². The molecule has 19 heteroatoms. The molecule has 352 valence electrons. The Balaban J connectivity index is 0.692. The van der Waals surface area contributed by atoms with Gasteiger partial charge < -0.3 is 44.0 Å². The van der Waals surface area contributed by atoms with Gasteiger partial charge in [-0.1, -0.05) is 46.6 Å². The molecule has 1 aliphatic rings. The van der Waals surface area contributed by atoms with Crippen LogP contribution in [-0.2, 0) is 17.8 Å². The zero-order chi connectivity index (χ0) is 49.0. The predicted molar refractivity (Wildman–Crippen MR) is 270 cm³/mol. The van der Waals surface area contributed by atoms with Crippen LogP contribution in [0.25, 0.3) is 78.7 Å². The van der Waals surface area contributed by atoms with Crippen molar-refractivity contribution in [3.05, 3.63) is 173 Å². The van der Waals surface area contributed by atoms with Crippen LogP contribution in [0.2, 0.25) is 10.0 Å². The third kappa shape index (κ3) is 8.69. The Bertz CT molecular complexity index is 3960. The van der Waals surface area contributed by atoms with E-state index < -0.39 is 11.8 Å². The van der Waals surface area contributed by atoms with Crippen molar-refractivity contribution in [1.82, 2.24) is 35.1 Å². The van der Waals surface area contributed by atoms with Crippen LogP contribution in [0.5, 0.6) is 5.75 Å². The maximum atomic E-state index is 13.5. The van der Waals surface area contributed by atoms with Gasteiger partial charge in [-0.25, -0.2) is 19.9 Å². The van der Waals surface area contributed by atoms with Gasteiger partial charge in [-0.2, -0.15) is 0 Å². The van der Waals surface area contributed by atoms with Crippen LogP contribution in [0.4, 0.5) is 17.1 Å². The van der Waals surface area contributed by atoms with Crippen molar-refractivity contribution < 1.29 is 32.5 Å². The summed E-state index contributed by atoms with van der Waals surface area (Å²) in [7, 11) is 0. The van der Waals surface area contributed by atoms with Gasteiger partial charge in [0.05, 0.1) is 33.1 Å². The molecule has 72 heavy (non-hydrogen) atoms. The first kappa shape index (κ1) is 43.9. The molecule has 0 saturated carbocycles. The summed E-state index contributed by atoms with van der Waals surface area (Å²) >= 11 is 13.3. The lowest BCUT2D eigenvalue weighted by atomic mass is 10.0. The van der Waals surface area contributed by atoms with E-state index in [-0.39, 0.29) is 17.4 Å². The molecular formula is C53H34Cl2N10O7. The average molecular weight is 994 g/mol. The number of imidazole rings is 2. The molecule has 0 atom stereocenters. The molecule has 0 saturated heterocycles. The molecule has 0 radical (unpaired) electrons. The molecule has 12 rings (SSSR count). The second kappa shape index (κ2) is 17.9. The van der Waals surface area contributed by atoms with Crippen LogP contribution in [0.3, 0.4) is 0 Å². The number of amides is 3. The monoisotopic (exact) mass is 992 g/mol. The number of aryl methyl sites for hydroxylation is 1. The van der Waals surface area contributed by atoms with Crippen LogP contribution in [-0.4, -0.2) is 52.8 Å². The smallest absolute Gasteiger partial charge is 0.291 e. The summed E-state index contributed by atoms with van der Waals surface area (Å²) in [5.74, 6) is 1.55. The van der Waals surface area contributed by atoms with E-state index in [0.717, 1.165) is 39.3 Å². The maximum Gasteiger partial charge on any atom is 0.291 e. The Morgan fingerprint density at radius 1 is 0.681 bits per heavy atom. The molecule has 0 spiro atoms. The SMILES string of the molecule is Cc1cc(COc2ccc(-c3cnc4nc(-c5cc(NC(=O)c6cc(-c7ccc(C(=O)Nc8ccc(Cl)c(-c9nc%10ncc(-c%11ccc%12c(c%11)CC(=O)N%12)cc%10[nH]9)c8)o7)co6)ccc5Cl)[nH]c4c3)cc2)no1. The number of halogens is 2. The zero-order valence-corrected chi connectivity index (χ0v) is 39.0. The van der Waals surface area contributed by atoms with E-state index >= 15 is 0 Å². The summed E-state index contributed by atoms with van der Waals surface area (Å²) in [6.45, 7) is 2.12. The number of carbonyl (C=O) groups excluding carboxylic acids is 3. The number of hydrogen-bond donors (Lipinski definition) is 5. The van der Waals surface area contributed by atoms with Crippen molar-refractivity contribution in [2.75, 3.05) is 16.0 Å². The van der Waals surface area contributed by atoms with E-state index in [0.29, 0.717) is 102 Å². The number of H-pyrrole nitrogens is 2. The van der Waals surface area contributed by atoms with E-state index in [1.54, 1.807) is 54.9 Å². The Morgan fingerprint density at radius 3 is 1.97 bits per heavy atom. The normalized spacial score (nSPS) is 12.1. The largest absolute Gasteiger partial charge is 0.487 e.